The highest BCUT2D eigenvalue weighted by atomic mass is 19.1. The number of hydrogen-bond donors (Lipinski definition) is 2. The van der Waals surface area contributed by atoms with Crippen molar-refractivity contribution in [3.8, 4) is 0 Å². The molecule has 0 atom stereocenters. The fourth-order valence-electron chi connectivity index (χ4n) is 1.87. The van der Waals surface area contributed by atoms with E-state index >= 15 is 0 Å². The van der Waals surface area contributed by atoms with Crippen LogP contribution in [0.4, 0.5) is 20.2 Å². The van der Waals surface area contributed by atoms with E-state index in [2.05, 4.69) is 20.2 Å². The SMILES string of the molecule is O=C(O)c1cc2onnc2c(F)c1Nc1ccccc1F. The number of fused-ring (bicyclic) bond motifs is 1. The van der Waals surface area contributed by atoms with Crippen molar-refractivity contribution < 1.29 is 23.2 Å². The van der Waals surface area contributed by atoms with Gasteiger partial charge in [0.15, 0.2) is 16.9 Å². The summed E-state index contributed by atoms with van der Waals surface area (Å²) in [5, 5.41) is 18.2. The van der Waals surface area contributed by atoms with Crippen molar-refractivity contribution in [3.05, 3.63) is 47.5 Å². The molecule has 0 aliphatic rings. The van der Waals surface area contributed by atoms with Crippen molar-refractivity contribution in [1.29, 1.82) is 0 Å². The average molecular weight is 291 g/mol. The molecule has 21 heavy (non-hydrogen) atoms. The molecule has 6 nitrogen and oxygen atoms in total. The summed E-state index contributed by atoms with van der Waals surface area (Å²) in [6.07, 6.45) is 0. The summed E-state index contributed by atoms with van der Waals surface area (Å²) in [5.74, 6) is -3.02. The molecule has 3 aromatic rings. The molecule has 0 saturated carbocycles. The highest BCUT2D eigenvalue weighted by Crippen LogP contribution is 2.31. The predicted molar refractivity (Wildman–Crippen MR) is 68.4 cm³/mol. The lowest BCUT2D eigenvalue weighted by atomic mass is 10.1. The maximum absolute atomic E-state index is 14.3. The summed E-state index contributed by atoms with van der Waals surface area (Å²) >= 11 is 0. The molecule has 0 fully saturated rings. The second-order valence-electron chi connectivity index (χ2n) is 4.14. The van der Waals surface area contributed by atoms with E-state index in [9.17, 15) is 13.6 Å². The normalized spacial score (nSPS) is 10.8. The highest BCUT2D eigenvalue weighted by molar-refractivity contribution is 6.00. The lowest BCUT2D eigenvalue weighted by molar-refractivity contribution is 0.0697. The Morgan fingerprint density at radius 1 is 1.29 bits per heavy atom. The molecule has 0 unspecified atom stereocenters. The van der Waals surface area contributed by atoms with Gasteiger partial charge in [0, 0.05) is 11.3 Å². The molecule has 0 aliphatic heterocycles. The number of carboxylic acids is 1. The highest BCUT2D eigenvalue weighted by Gasteiger charge is 2.22. The van der Waals surface area contributed by atoms with Crippen LogP contribution in [0.2, 0.25) is 0 Å². The second kappa shape index (κ2) is 4.82. The third-order valence-electron chi connectivity index (χ3n) is 2.85. The first kappa shape index (κ1) is 13.0. The van der Waals surface area contributed by atoms with Gasteiger partial charge in [0.1, 0.15) is 5.82 Å². The first-order valence-electron chi connectivity index (χ1n) is 5.77. The van der Waals surface area contributed by atoms with Gasteiger partial charge in [-0.1, -0.05) is 12.1 Å². The Kier molecular flexibility index (Phi) is 2.98. The van der Waals surface area contributed by atoms with Crippen molar-refractivity contribution in [3.63, 3.8) is 0 Å². The summed E-state index contributed by atoms with van der Waals surface area (Å²) in [6.45, 7) is 0. The number of aromatic carboxylic acids is 1. The van der Waals surface area contributed by atoms with E-state index in [1.807, 2.05) is 0 Å². The van der Waals surface area contributed by atoms with Crippen LogP contribution in [0.5, 0.6) is 0 Å². The van der Waals surface area contributed by atoms with E-state index in [-0.39, 0.29) is 16.8 Å². The Balaban J connectivity index is 2.20. The van der Waals surface area contributed by atoms with Gasteiger partial charge >= 0.3 is 5.97 Å². The molecule has 1 heterocycles. The number of nitrogens with one attached hydrogen (secondary N) is 1. The molecule has 8 heteroatoms. The van der Waals surface area contributed by atoms with Gasteiger partial charge in [-0.2, -0.15) is 0 Å². The van der Waals surface area contributed by atoms with Crippen LogP contribution < -0.4 is 5.32 Å². The fourth-order valence-corrected chi connectivity index (χ4v) is 1.87. The van der Waals surface area contributed by atoms with E-state index in [1.54, 1.807) is 0 Å². The van der Waals surface area contributed by atoms with Crippen LogP contribution in [0.25, 0.3) is 11.1 Å². The van der Waals surface area contributed by atoms with Crippen molar-refractivity contribution in [2.45, 2.75) is 0 Å². The molecular formula is C13H7F2N3O3. The Bertz CT molecular complexity index is 848. The van der Waals surface area contributed by atoms with Crippen LogP contribution in [0.1, 0.15) is 10.4 Å². The zero-order chi connectivity index (χ0) is 15.0. The van der Waals surface area contributed by atoms with E-state index in [4.69, 9.17) is 5.11 Å². The summed E-state index contributed by atoms with van der Waals surface area (Å²) in [7, 11) is 0. The lowest BCUT2D eigenvalue weighted by Crippen LogP contribution is -2.06. The second-order valence-corrected chi connectivity index (χ2v) is 4.14. The number of carbonyl (C=O) groups is 1. The lowest BCUT2D eigenvalue weighted by Gasteiger charge is -2.11. The third-order valence-corrected chi connectivity index (χ3v) is 2.85. The number of hydrogen-bond acceptors (Lipinski definition) is 5. The van der Waals surface area contributed by atoms with Crippen molar-refractivity contribution in [2.24, 2.45) is 0 Å². The van der Waals surface area contributed by atoms with Crippen LogP contribution in [-0.2, 0) is 0 Å². The Morgan fingerprint density at radius 3 is 2.76 bits per heavy atom. The predicted octanol–water partition coefficient (Wildman–Crippen LogP) is 2.94. The number of carboxylic acid groups (broad SMARTS) is 1. The largest absolute Gasteiger partial charge is 0.478 e. The van der Waals surface area contributed by atoms with Gasteiger partial charge in [0.2, 0.25) is 0 Å². The Hall–Kier alpha value is -3.03. The first-order chi connectivity index (χ1) is 10.1. The summed E-state index contributed by atoms with van der Waals surface area (Å²) in [6, 6.07) is 6.58. The van der Waals surface area contributed by atoms with Gasteiger partial charge in [-0.25, -0.2) is 13.6 Å². The molecule has 0 spiro atoms. The monoisotopic (exact) mass is 291 g/mol. The van der Waals surface area contributed by atoms with Gasteiger partial charge in [0.25, 0.3) is 0 Å². The summed E-state index contributed by atoms with van der Waals surface area (Å²) in [4.78, 5) is 11.2. The van der Waals surface area contributed by atoms with Crippen LogP contribution >= 0.6 is 0 Å². The molecule has 0 bridgehead atoms. The van der Waals surface area contributed by atoms with E-state index in [1.165, 1.54) is 18.2 Å². The number of nitrogens with zero attached hydrogens (tertiary/aromatic N) is 2. The van der Waals surface area contributed by atoms with Crippen LogP contribution in [0.3, 0.4) is 0 Å². The van der Waals surface area contributed by atoms with Gasteiger partial charge in [0.05, 0.1) is 16.9 Å². The van der Waals surface area contributed by atoms with Gasteiger partial charge in [-0.3, -0.25) is 0 Å². The molecule has 106 valence electrons. The minimum atomic E-state index is -1.40. The quantitative estimate of drug-likeness (QED) is 0.771. The van der Waals surface area contributed by atoms with Crippen LogP contribution in [-0.4, -0.2) is 21.4 Å². The van der Waals surface area contributed by atoms with Gasteiger partial charge < -0.3 is 14.9 Å². The number of anilines is 2. The maximum Gasteiger partial charge on any atom is 0.338 e. The molecule has 0 amide bonds. The number of rotatable bonds is 3. The number of benzene rings is 2. The van der Waals surface area contributed by atoms with E-state index in [0.29, 0.717) is 0 Å². The third kappa shape index (κ3) is 2.16. The average Bonchev–Trinajstić information content (AvgIpc) is 2.92. The zero-order valence-electron chi connectivity index (χ0n) is 10.3. The first-order valence-corrected chi connectivity index (χ1v) is 5.77. The summed E-state index contributed by atoms with van der Waals surface area (Å²) < 4.78 is 32.6. The minimum Gasteiger partial charge on any atom is -0.478 e. The van der Waals surface area contributed by atoms with Gasteiger partial charge in [-0.15, -0.1) is 5.10 Å². The van der Waals surface area contributed by atoms with Crippen LogP contribution in [0.15, 0.2) is 34.9 Å². The molecule has 0 aliphatic carbocycles. The standard InChI is InChI=1S/C13H7F2N3O3/c14-7-3-1-2-4-8(7)16-11-6(13(19)20)5-9-12(10(11)15)17-18-21-9/h1-5,16H,(H,19,20). The Morgan fingerprint density at radius 2 is 2.05 bits per heavy atom. The maximum atomic E-state index is 14.3. The molecule has 0 saturated heterocycles. The molecule has 1 aromatic heterocycles. The topological polar surface area (TPSA) is 88.2 Å². The smallest absolute Gasteiger partial charge is 0.338 e. The fraction of sp³-hybridized carbons (Fsp3) is 0. The number of halogens is 2. The molecule has 2 aromatic carbocycles. The molecule has 0 radical (unpaired) electrons. The molecular weight excluding hydrogens is 284 g/mol. The van der Waals surface area contributed by atoms with Gasteiger partial charge in [-0.05, 0) is 12.1 Å². The molecule has 3 rings (SSSR count). The summed E-state index contributed by atoms with van der Waals surface area (Å²) in [5.41, 5.74) is -1.23. The minimum absolute atomic E-state index is 0.0605. The number of aromatic nitrogens is 2. The Labute approximate surface area is 116 Å². The van der Waals surface area contributed by atoms with Crippen molar-refractivity contribution in [1.82, 2.24) is 10.4 Å². The van der Waals surface area contributed by atoms with Crippen LogP contribution in [0, 0.1) is 11.6 Å². The van der Waals surface area contributed by atoms with E-state index in [0.717, 1.165) is 12.1 Å². The van der Waals surface area contributed by atoms with Crippen molar-refractivity contribution in [2.75, 3.05) is 5.32 Å². The van der Waals surface area contributed by atoms with E-state index < -0.39 is 28.9 Å². The van der Waals surface area contributed by atoms with Crippen molar-refractivity contribution >= 4 is 28.4 Å². The zero-order valence-corrected chi connectivity index (χ0v) is 10.3. The molecule has 2 N–H and O–H groups in total. The number of para-hydroxylation sites is 1.